The first-order chi connectivity index (χ1) is 13.1. The molecule has 3 aromatic rings. The average molecular weight is 363 g/mol. The van der Waals surface area contributed by atoms with Crippen LogP contribution in [0.4, 0.5) is 5.82 Å². The highest BCUT2D eigenvalue weighted by Crippen LogP contribution is 2.40. The Morgan fingerprint density at radius 2 is 2.04 bits per heavy atom. The molecule has 138 valence electrons. The molecule has 1 aliphatic heterocycles. The lowest BCUT2D eigenvalue weighted by Gasteiger charge is -2.24. The minimum atomic E-state index is -0.172. The van der Waals surface area contributed by atoms with E-state index in [0.29, 0.717) is 18.0 Å². The summed E-state index contributed by atoms with van der Waals surface area (Å²) < 4.78 is 6.87. The number of carbonyl (C=O) groups is 1. The van der Waals surface area contributed by atoms with E-state index in [-0.39, 0.29) is 17.6 Å². The van der Waals surface area contributed by atoms with Crippen LogP contribution in [-0.2, 0) is 11.2 Å². The molecule has 0 aliphatic carbocycles. The molecule has 1 atom stereocenters. The van der Waals surface area contributed by atoms with Crippen molar-refractivity contribution in [2.45, 2.75) is 25.7 Å². The van der Waals surface area contributed by atoms with Crippen molar-refractivity contribution in [2.24, 2.45) is 0 Å². The third-order valence-corrected chi connectivity index (χ3v) is 5.01. The van der Waals surface area contributed by atoms with Gasteiger partial charge in [0.05, 0.1) is 19.0 Å². The Labute approximate surface area is 157 Å². The van der Waals surface area contributed by atoms with E-state index in [2.05, 4.69) is 29.5 Å². The van der Waals surface area contributed by atoms with Crippen LogP contribution in [0.1, 0.15) is 36.0 Å². The summed E-state index contributed by atoms with van der Waals surface area (Å²) in [6, 6.07) is 13.4. The Bertz CT molecular complexity index is 992. The Hall–Kier alpha value is -3.28. The first-order valence-corrected chi connectivity index (χ1v) is 8.94. The quantitative estimate of drug-likeness (QED) is 0.742. The van der Waals surface area contributed by atoms with Gasteiger partial charge in [0, 0.05) is 17.9 Å². The summed E-state index contributed by atoms with van der Waals surface area (Å²) in [5, 5.41) is 17.6. The third kappa shape index (κ3) is 3.03. The van der Waals surface area contributed by atoms with E-state index in [1.807, 2.05) is 18.2 Å². The molecule has 0 bridgehead atoms. The second-order valence-corrected chi connectivity index (χ2v) is 6.62. The van der Waals surface area contributed by atoms with Crippen LogP contribution in [0.25, 0.3) is 5.69 Å². The molecule has 2 heterocycles. The number of fused-ring (bicyclic) bond motifs is 1. The second-order valence-electron chi connectivity index (χ2n) is 6.62. The zero-order chi connectivity index (χ0) is 19.0. The number of benzene rings is 2. The molecule has 2 N–H and O–H groups in total. The van der Waals surface area contributed by atoms with Crippen LogP contribution in [0.3, 0.4) is 0 Å². The van der Waals surface area contributed by atoms with E-state index >= 15 is 0 Å². The van der Waals surface area contributed by atoms with Crippen LogP contribution in [0.5, 0.6) is 11.5 Å². The van der Waals surface area contributed by atoms with Gasteiger partial charge < -0.3 is 15.2 Å². The Kier molecular flexibility index (Phi) is 4.32. The largest absolute Gasteiger partial charge is 0.504 e. The number of nitrogens with one attached hydrogen (secondary N) is 1. The number of hydrogen-bond acceptors (Lipinski definition) is 4. The monoisotopic (exact) mass is 363 g/mol. The molecule has 1 aromatic heterocycles. The SMILES string of the molecule is CCc1ccc(-n2ncc3c2NC(=O)CC3c2ccc(OC)c(O)c2)cc1. The average Bonchev–Trinajstić information content (AvgIpc) is 3.11. The van der Waals surface area contributed by atoms with E-state index in [4.69, 9.17) is 4.74 Å². The number of carbonyl (C=O) groups excluding carboxylic acids is 1. The zero-order valence-electron chi connectivity index (χ0n) is 15.3. The van der Waals surface area contributed by atoms with E-state index in [9.17, 15) is 9.90 Å². The summed E-state index contributed by atoms with van der Waals surface area (Å²) in [7, 11) is 1.51. The molecule has 6 nitrogen and oxygen atoms in total. The van der Waals surface area contributed by atoms with E-state index in [0.717, 1.165) is 23.2 Å². The molecular formula is C21H21N3O3. The normalized spacial score (nSPS) is 15.9. The molecule has 2 aromatic carbocycles. The molecule has 27 heavy (non-hydrogen) atoms. The van der Waals surface area contributed by atoms with Gasteiger partial charge in [-0.2, -0.15) is 5.10 Å². The standard InChI is InChI=1S/C21H21N3O3/c1-3-13-4-7-15(8-5-13)24-21-17(12-22-24)16(11-20(26)23-21)14-6-9-19(27-2)18(25)10-14/h4-10,12,16,25H,3,11H2,1-2H3,(H,23,26). The predicted octanol–water partition coefficient (Wildman–Crippen LogP) is 3.62. The number of aryl methyl sites for hydroxylation is 1. The number of anilines is 1. The number of aromatic nitrogens is 2. The predicted molar refractivity (Wildman–Crippen MR) is 103 cm³/mol. The summed E-state index contributed by atoms with van der Waals surface area (Å²) in [5.41, 5.74) is 3.92. The van der Waals surface area contributed by atoms with Gasteiger partial charge in [-0.05, 0) is 41.8 Å². The van der Waals surface area contributed by atoms with Crippen molar-refractivity contribution >= 4 is 11.7 Å². The molecule has 1 amide bonds. The minimum Gasteiger partial charge on any atom is -0.504 e. The van der Waals surface area contributed by atoms with Gasteiger partial charge in [-0.3, -0.25) is 4.79 Å². The van der Waals surface area contributed by atoms with Crippen LogP contribution in [-0.4, -0.2) is 27.9 Å². The lowest BCUT2D eigenvalue weighted by molar-refractivity contribution is -0.116. The fourth-order valence-corrected chi connectivity index (χ4v) is 3.51. The summed E-state index contributed by atoms with van der Waals surface area (Å²) in [4.78, 5) is 12.4. The third-order valence-electron chi connectivity index (χ3n) is 5.01. The maximum atomic E-state index is 12.4. The van der Waals surface area contributed by atoms with Crippen molar-refractivity contribution < 1.29 is 14.6 Å². The van der Waals surface area contributed by atoms with Crippen molar-refractivity contribution in [1.82, 2.24) is 9.78 Å². The number of ether oxygens (including phenoxy) is 1. The fraction of sp³-hybridized carbons (Fsp3) is 0.238. The van der Waals surface area contributed by atoms with Gasteiger partial charge in [0.1, 0.15) is 5.82 Å². The highest BCUT2D eigenvalue weighted by atomic mass is 16.5. The number of rotatable bonds is 4. The number of amides is 1. The van der Waals surface area contributed by atoms with Gasteiger partial charge in [0.2, 0.25) is 5.91 Å². The van der Waals surface area contributed by atoms with Crippen LogP contribution < -0.4 is 10.1 Å². The van der Waals surface area contributed by atoms with Crippen molar-refractivity contribution in [3.05, 3.63) is 65.4 Å². The summed E-state index contributed by atoms with van der Waals surface area (Å²) in [6.45, 7) is 2.11. The number of aromatic hydroxyl groups is 1. The summed E-state index contributed by atoms with van der Waals surface area (Å²) in [6.07, 6.45) is 3.06. The summed E-state index contributed by atoms with van der Waals surface area (Å²) >= 11 is 0. The summed E-state index contributed by atoms with van der Waals surface area (Å²) in [5.74, 6) is 0.899. The molecule has 1 unspecified atom stereocenters. The van der Waals surface area contributed by atoms with E-state index in [1.165, 1.54) is 12.7 Å². The fourth-order valence-electron chi connectivity index (χ4n) is 3.51. The first kappa shape index (κ1) is 17.1. The van der Waals surface area contributed by atoms with E-state index < -0.39 is 0 Å². The number of phenols is 1. The number of nitrogens with zero attached hydrogens (tertiary/aromatic N) is 2. The first-order valence-electron chi connectivity index (χ1n) is 8.94. The van der Waals surface area contributed by atoms with Gasteiger partial charge in [0.15, 0.2) is 11.5 Å². The number of methoxy groups -OCH3 is 1. The topological polar surface area (TPSA) is 76.4 Å². The van der Waals surface area contributed by atoms with Crippen molar-refractivity contribution in [3.63, 3.8) is 0 Å². The Balaban J connectivity index is 1.76. The van der Waals surface area contributed by atoms with Gasteiger partial charge >= 0.3 is 0 Å². The molecule has 0 spiro atoms. The molecule has 6 heteroatoms. The lowest BCUT2D eigenvalue weighted by Crippen LogP contribution is -2.24. The van der Waals surface area contributed by atoms with Crippen LogP contribution in [0, 0.1) is 0 Å². The zero-order valence-corrected chi connectivity index (χ0v) is 15.3. The van der Waals surface area contributed by atoms with E-state index in [1.54, 1.807) is 23.0 Å². The van der Waals surface area contributed by atoms with Gasteiger partial charge in [0.25, 0.3) is 0 Å². The molecule has 4 rings (SSSR count). The number of phenolic OH excluding ortho intramolecular Hbond substituents is 1. The van der Waals surface area contributed by atoms with Gasteiger partial charge in [-0.1, -0.05) is 25.1 Å². The second kappa shape index (κ2) is 6.79. The Morgan fingerprint density at radius 1 is 1.26 bits per heavy atom. The van der Waals surface area contributed by atoms with Crippen molar-refractivity contribution in [3.8, 4) is 17.2 Å². The molecule has 0 fully saturated rings. The molecule has 0 saturated carbocycles. The number of hydrogen-bond donors (Lipinski definition) is 2. The lowest BCUT2D eigenvalue weighted by atomic mass is 9.87. The maximum Gasteiger partial charge on any atom is 0.226 e. The molecular weight excluding hydrogens is 342 g/mol. The van der Waals surface area contributed by atoms with Gasteiger partial charge in [-0.25, -0.2) is 4.68 Å². The molecule has 1 aliphatic rings. The highest BCUT2D eigenvalue weighted by Gasteiger charge is 2.30. The highest BCUT2D eigenvalue weighted by molar-refractivity contribution is 5.94. The Morgan fingerprint density at radius 3 is 2.70 bits per heavy atom. The van der Waals surface area contributed by atoms with Crippen LogP contribution in [0.15, 0.2) is 48.7 Å². The van der Waals surface area contributed by atoms with Crippen LogP contribution >= 0.6 is 0 Å². The molecule has 0 saturated heterocycles. The van der Waals surface area contributed by atoms with Crippen LogP contribution in [0.2, 0.25) is 0 Å². The maximum absolute atomic E-state index is 12.4. The van der Waals surface area contributed by atoms with Crippen molar-refractivity contribution in [2.75, 3.05) is 12.4 Å². The smallest absolute Gasteiger partial charge is 0.226 e. The van der Waals surface area contributed by atoms with Gasteiger partial charge in [-0.15, -0.1) is 0 Å². The minimum absolute atomic E-state index is 0.0603. The molecule has 0 radical (unpaired) electrons. The van der Waals surface area contributed by atoms with Crippen molar-refractivity contribution in [1.29, 1.82) is 0 Å².